The van der Waals surface area contributed by atoms with Gasteiger partial charge in [-0.1, -0.05) is 12.1 Å². The fourth-order valence-electron chi connectivity index (χ4n) is 4.02. The van der Waals surface area contributed by atoms with Gasteiger partial charge in [0.05, 0.1) is 36.4 Å². The fraction of sp³-hybridized carbons (Fsp3) is 0.269. The minimum Gasteiger partial charge on any atom is -0.493 e. The molecular formula is C26H24F3N3O4S. The Morgan fingerprint density at radius 1 is 1.08 bits per heavy atom. The number of carbonyl (C=O) groups is 2. The van der Waals surface area contributed by atoms with Gasteiger partial charge < -0.3 is 14.4 Å². The Bertz CT molecular complexity index is 1310. The van der Waals surface area contributed by atoms with Crippen molar-refractivity contribution in [3.63, 3.8) is 0 Å². The van der Waals surface area contributed by atoms with Crippen LogP contribution in [0.25, 0.3) is 0 Å². The van der Waals surface area contributed by atoms with Crippen molar-refractivity contribution in [2.45, 2.75) is 18.6 Å². The molecule has 3 aromatic rings. The maximum absolute atomic E-state index is 13.4. The van der Waals surface area contributed by atoms with Crippen LogP contribution in [0.4, 0.5) is 13.2 Å². The van der Waals surface area contributed by atoms with Gasteiger partial charge in [-0.3, -0.25) is 9.59 Å². The van der Waals surface area contributed by atoms with Crippen molar-refractivity contribution in [2.24, 2.45) is 5.10 Å². The number of ether oxygens (including phenoxy) is 2. The molecule has 2 heterocycles. The van der Waals surface area contributed by atoms with Crippen molar-refractivity contribution in [1.29, 1.82) is 0 Å². The third-order valence-corrected chi connectivity index (χ3v) is 6.86. The second-order valence-corrected chi connectivity index (χ2v) is 9.28. The van der Waals surface area contributed by atoms with Gasteiger partial charge in [-0.05, 0) is 53.4 Å². The number of likely N-dealkylation sites (N-methyl/N-ethyl adjacent to an activating group) is 1. The standard InChI is InChI=1S/C26H24F3N3O4S/c1-31(25(34)16-6-9-18(10-7-16)26(27,28)29)15-24(33)32-20(14-19(30-32)23-5-4-12-37-23)17-8-11-21(35-2)22(13-17)36-3/h4-13,20H,14-15H2,1-3H3. The van der Waals surface area contributed by atoms with Crippen LogP contribution in [-0.2, 0) is 11.0 Å². The van der Waals surface area contributed by atoms with Crippen LogP contribution in [0.1, 0.15) is 38.8 Å². The van der Waals surface area contributed by atoms with Crippen LogP contribution >= 0.6 is 11.3 Å². The van der Waals surface area contributed by atoms with E-state index in [2.05, 4.69) is 5.10 Å². The average Bonchev–Trinajstić information content (AvgIpc) is 3.58. The largest absolute Gasteiger partial charge is 0.493 e. The van der Waals surface area contributed by atoms with Crippen molar-refractivity contribution in [3.05, 3.63) is 81.5 Å². The Labute approximate surface area is 215 Å². The second-order valence-electron chi connectivity index (χ2n) is 8.33. The van der Waals surface area contributed by atoms with E-state index in [-0.39, 0.29) is 12.1 Å². The molecule has 0 saturated heterocycles. The highest BCUT2D eigenvalue weighted by Gasteiger charge is 2.35. The molecule has 7 nitrogen and oxygen atoms in total. The number of amides is 2. The predicted molar refractivity (Wildman–Crippen MR) is 133 cm³/mol. The lowest BCUT2D eigenvalue weighted by atomic mass is 10.0. The van der Waals surface area contributed by atoms with Crippen molar-refractivity contribution in [3.8, 4) is 11.5 Å². The number of methoxy groups -OCH3 is 2. The van der Waals surface area contributed by atoms with Crippen LogP contribution in [0, 0.1) is 0 Å². The second kappa shape index (κ2) is 10.6. The van der Waals surface area contributed by atoms with E-state index in [4.69, 9.17) is 9.47 Å². The van der Waals surface area contributed by atoms with Gasteiger partial charge in [0.2, 0.25) is 0 Å². The van der Waals surface area contributed by atoms with Crippen molar-refractivity contribution in [1.82, 2.24) is 9.91 Å². The number of hydrogen-bond donors (Lipinski definition) is 0. The molecule has 37 heavy (non-hydrogen) atoms. The number of carbonyl (C=O) groups excluding carboxylic acids is 2. The minimum absolute atomic E-state index is 0.0453. The number of nitrogens with zero attached hydrogens (tertiary/aromatic N) is 3. The lowest BCUT2D eigenvalue weighted by molar-refractivity contribution is -0.137. The SMILES string of the molecule is COc1ccc(C2CC(c3cccs3)=NN2C(=O)CN(C)C(=O)c2ccc(C(F)(F)F)cc2)cc1OC. The van der Waals surface area contributed by atoms with Gasteiger partial charge in [0.15, 0.2) is 11.5 Å². The summed E-state index contributed by atoms with van der Waals surface area (Å²) in [7, 11) is 4.47. The summed E-state index contributed by atoms with van der Waals surface area (Å²) in [6.07, 6.45) is -4.05. The molecule has 2 amide bonds. The van der Waals surface area contributed by atoms with Gasteiger partial charge >= 0.3 is 6.18 Å². The van der Waals surface area contributed by atoms with Crippen molar-refractivity contribution >= 4 is 28.9 Å². The molecule has 2 aromatic carbocycles. The van der Waals surface area contributed by atoms with Gasteiger partial charge in [0.1, 0.15) is 6.54 Å². The summed E-state index contributed by atoms with van der Waals surface area (Å²) in [6.45, 7) is -0.315. The fourth-order valence-corrected chi connectivity index (χ4v) is 4.74. The Balaban J connectivity index is 1.56. The average molecular weight is 532 g/mol. The van der Waals surface area contributed by atoms with Gasteiger partial charge in [-0.25, -0.2) is 5.01 Å². The van der Waals surface area contributed by atoms with Crippen LogP contribution < -0.4 is 9.47 Å². The molecule has 1 unspecified atom stereocenters. The summed E-state index contributed by atoms with van der Waals surface area (Å²) >= 11 is 1.51. The molecule has 1 atom stereocenters. The maximum atomic E-state index is 13.4. The number of alkyl halides is 3. The van der Waals surface area contributed by atoms with E-state index < -0.39 is 29.6 Å². The first-order chi connectivity index (χ1) is 17.6. The van der Waals surface area contributed by atoms with Gasteiger partial charge in [-0.15, -0.1) is 11.3 Å². The van der Waals surface area contributed by atoms with Gasteiger partial charge in [-0.2, -0.15) is 18.3 Å². The Morgan fingerprint density at radius 3 is 2.38 bits per heavy atom. The molecule has 0 aliphatic carbocycles. The number of benzene rings is 2. The molecule has 0 N–H and O–H groups in total. The summed E-state index contributed by atoms with van der Waals surface area (Å²) in [5, 5.41) is 7.86. The Hall–Kier alpha value is -3.86. The van der Waals surface area contributed by atoms with E-state index in [1.807, 2.05) is 23.6 Å². The Morgan fingerprint density at radius 2 is 1.78 bits per heavy atom. The topological polar surface area (TPSA) is 71.4 Å². The Kier molecular flexibility index (Phi) is 7.53. The highest BCUT2D eigenvalue weighted by atomic mass is 32.1. The van der Waals surface area contributed by atoms with Gasteiger partial charge in [0, 0.05) is 19.0 Å². The van der Waals surface area contributed by atoms with Crippen LogP contribution in [0.15, 0.2) is 65.1 Å². The highest BCUT2D eigenvalue weighted by Crippen LogP contribution is 2.38. The lowest BCUT2D eigenvalue weighted by Crippen LogP contribution is -2.39. The van der Waals surface area contributed by atoms with E-state index in [1.165, 1.54) is 37.6 Å². The maximum Gasteiger partial charge on any atom is 0.416 e. The smallest absolute Gasteiger partial charge is 0.416 e. The van der Waals surface area contributed by atoms with Crippen LogP contribution in [-0.4, -0.2) is 55.2 Å². The molecule has 0 radical (unpaired) electrons. The van der Waals surface area contributed by atoms with E-state index in [0.29, 0.717) is 17.9 Å². The first-order valence-corrected chi connectivity index (χ1v) is 12.1. The minimum atomic E-state index is -4.50. The number of hydrogen-bond acceptors (Lipinski definition) is 6. The quantitative estimate of drug-likeness (QED) is 0.419. The number of rotatable bonds is 7. The monoisotopic (exact) mass is 531 g/mol. The molecular weight excluding hydrogens is 507 g/mol. The molecule has 1 aromatic heterocycles. The number of hydrazone groups is 1. The van der Waals surface area contributed by atoms with Gasteiger partial charge in [0.25, 0.3) is 11.8 Å². The summed E-state index contributed by atoms with van der Waals surface area (Å²) in [5.74, 6) is 0.0375. The molecule has 11 heteroatoms. The summed E-state index contributed by atoms with van der Waals surface area (Å²) < 4.78 is 49.3. The predicted octanol–water partition coefficient (Wildman–Crippen LogP) is 5.23. The molecule has 1 aliphatic heterocycles. The molecule has 0 saturated carbocycles. The summed E-state index contributed by atoms with van der Waals surface area (Å²) in [4.78, 5) is 28.3. The van der Waals surface area contributed by atoms with E-state index >= 15 is 0 Å². The zero-order chi connectivity index (χ0) is 26.7. The van der Waals surface area contributed by atoms with Crippen LogP contribution in [0.5, 0.6) is 11.5 Å². The zero-order valence-corrected chi connectivity index (χ0v) is 21.1. The third kappa shape index (κ3) is 5.61. The first-order valence-electron chi connectivity index (χ1n) is 11.2. The molecule has 0 bridgehead atoms. The summed E-state index contributed by atoms with van der Waals surface area (Å²) in [5.41, 5.74) is 0.704. The lowest BCUT2D eigenvalue weighted by Gasteiger charge is -2.25. The number of halogens is 3. The number of thiophene rings is 1. The normalized spacial score (nSPS) is 15.4. The molecule has 0 fully saturated rings. The first kappa shape index (κ1) is 26.2. The molecule has 1 aliphatic rings. The zero-order valence-electron chi connectivity index (χ0n) is 20.3. The van der Waals surface area contributed by atoms with E-state index in [9.17, 15) is 22.8 Å². The van der Waals surface area contributed by atoms with E-state index in [1.54, 1.807) is 12.1 Å². The van der Waals surface area contributed by atoms with E-state index in [0.717, 1.165) is 45.3 Å². The van der Waals surface area contributed by atoms with Crippen LogP contribution in [0.2, 0.25) is 0 Å². The van der Waals surface area contributed by atoms with Crippen molar-refractivity contribution < 1.29 is 32.2 Å². The molecule has 4 rings (SSSR count). The van der Waals surface area contributed by atoms with Crippen LogP contribution in [0.3, 0.4) is 0 Å². The third-order valence-electron chi connectivity index (χ3n) is 5.94. The molecule has 194 valence electrons. The molecule has 0 spiro atoms. The highest BCUT2D eigenvalue weighted by molar-refractivity contribution is 7.12. The van der Waals surface area contributed by atoms with Crippen molar-refractivity contribution in [2.75, 3.05) is 27.8 Å². The summed E-state index contributed by atoms with van der Waals surface area (Å²) in [6, 6.07) is 12.6.